The second kappa shape index (κ2) is 6.18. The predicted molar refractivity (Wildman–Crippen MR) is 62.9 cm³/mol. The summed E-state index contributed by atoms with van der Waals surface area (Å²) in [6.07, 6.45) is 1.81. The number of carbonyl (C=O) groups excluding carboxylic acids is 1. The molecular weight excluding hydrogens is 226 g/mol. The van der Waals surface area contributed by atoms with E-state index in [-0.39, 0.29) is 11.7 Å². The Morgan fingerprint density at radius 2 is 1.88 bits per heavy atom. The lowest BCUT2D eigenvalue weighted by Gasteiger charge is -2.13. The lowest BCUT2D eigenvalue weighted by molar-refractivity contribution is 0.248. The maximum Gasteiger partial charge on any atom is 0.319 e. The average molecular weight is 242 g/mol. The van der Waals surface area contributed by atoms with E-state index in [2.05, 4.69) is 10.6 Å². The van der Waals surface area contributed by atoms with E-state index in [0.29, 0.717) is 0 Å². The van der Waals surface area contributed by atoms with Crippen LogP contribution in [0.5, 0.6) is 0 Å². The van der Waals surface area contributed by atoms with Crippen molar-refractivity contribution in [3.8, 4) is 0 Å². The summed E-state index contributed by atoms with van der Waals surface area (Å²) >= 11 is 0. The number of hydrogen-bond donors (Lipinski definition) is 2. The lowest BCUT2D eigenvalue weighted by Crippen LogP contribution is -2.35. The van der Waals surface area contributed by atoms with Crippen LogP contribution in [0.15, 0.2) is 18.2 Å². The SMILES string of the molecule is CCC[C@H](C)NC(=O)Nc1cc(F)cc(F)c1. The average Bonchev–Trinajstić information content (AvgIpc) is 2.14. The Hall–Kier alpha value is -1.65. The van der Waals surface area contributed by atoms with E-state index in [9.17, 15) is 13.6 Å². The highest BCUT2D eigenvalue weighted by atomic mass is 19.1. The van der Waals surface area contributed by atoms with Gasteiger partial charge in [-0.25, -0.2) is 13.6 Å². The van der Waals surface area contributed by atoms with Gasteiger partial charge in [-0.15, -0.1) is 0 Å². The van der Waals surface area contributed by atoms with Gasteiger partial charge in [-0.05, 0) is 25.5 Å². The Morgan fingerprint density at radius 3 is 2.41 bits per heavy atom. The molecule has 0 aliphatic heterocycles. The number of carbonyl (C=O) groups is 1. The van der Waals surface area contributed by atoms with E-state index in [4.69, 9.17) is 0 Å². The zero-order valence-corrected chi connectivity index (χ0v) is 9.89. The van der Waals surface area contributed by atoms with Crippen molar-refractivity contribution in [2.24, 2.45) is 0 Å². The van der Waals surface area contributed by atoms with Crippen molar-refractivity contribution in [1.29, 1.82) is 0 Å². The molecule has 1 atom stereocenters. The summed E-state index contributed by atoms with van der Waals surface area (Å²) in [4.78, 5) is 11.5. The first-order chi connectivity index (χ1) is 8.01. The number of halogens is 2. The van der Waals surface area contributed by atoms with Gasteiger partial charge in [-0.1, -0.05) is 13.3 Å². The third-order valence-electron chi connectivity index (χ3n) is 2.22. The molecule has 0 unspecified atom stereocenters. The largest absolute Gasteiger partial charge is 0.335 e. The molecule has 3 nitrogen and oxygen atoms in total. The number of nitrogens with one attached hydrogen (secondary N) is 2. The third kappa shape index (κ3) is 4.80. The number of rotatable bonds is 4. The summed E-state index contributed by atoms with van der Waals surface area (Å²) in [6, 6.07) is 2.44. The third-order valence-corrected chi connectivity index (χ3v) is 2.22. The van der Waals surface area contributed by atoms with E-state index in [1.807, 2.05) is 13.8 Å². The van der Waals surface area contributed by atoms with Crippen molar-refractivity contribution in [3.05, 3.63) is 29.8 Å². The van der Waals surface area contributed by atoms with Gasteiger partial charge in [0.25, 0.3) is 0 Å². The van der Waals surface area contributed by atoms with E-state index in [0.717, 1.165) is 31.0 Å². The van der Waals surface area contributed by atoms with Gasteiger partial charge >= 0.3 is 6.03 Å². The summed E-state index contributed by atoms with van der Waals surface area (Å²) in [5, 5.41) is 5.06. The zero-order chi connectivity index (χ0) is 12.8. The summed E-state index contributed by atoms with van der Waals surface area (Å²) in [6.45, 7) is 3.88. The monoisotopic (exact) mass is 242 g/mol. The molecule has 1 aromatic carbocycles. The van der Waals surface area contributed by atoms with Crippen LogP contribution in [-0.2, 0) is 0 Å². The Kier molecular flexibility index (Phi) is 4.87. The van der Waals surface area contributed by atoms with Crippen molar-refractivity contribution < 1.29 is 13.6 Å². The number of amides is 2. The molecule has 0 aliphatic rings. The highest BCUT2D eigenvalue weighted by molar-refractivity contribution is 5.89. The second-order valence-corrected chi connectivity index (χ2v) is 3.95. The molecule has 1 aromatic rings. The molecule has 0 bridgehead atoms. The van der Waals surface area contributed by atoms with Gasteiger partial charge in [-0.3, -0.25) is 0 Å². The molecule has 1 rings (SSSR count). The molecular formula is C12H16F2N2O. The van der Waals surface area contributed by atoms with Gasteiger partial charge in [0.2, 0.25) is 0 Å². The number of hydrogen-bond acceptors (Lipinski definition) is 1. The first kappa shape index (κ1) is 13.4. The van der Waals surface area contributed by atoms with Crippen LogP contribution in [0.3, 0.4) is 0 Å². The molecule has 0 radical (unpaired) electrons. The Labute approximate surface area is 99.2 Å². The minimum atomic E-state index is -0.720. The van der Waals surface area contributed by atoms with Crippen LogP contribution in [0.1, 0.15) is 26.7 Å². The van der Waals surface area contributed by atoms with Crippen LogP contribution in [0, 0.1) is 11.6 Å². The summed E-state index contributed by atoms with van der Waals surface area (Å²) in [7, 11) is 0. The molecule has 94 valence electrons. The first-order valence-corrected chi connectivity index (χ1v) is 5.55. The molecule has 0 aromatic heterocycles. The van der Waals surface area contributed by atoms with Crippen LogP contribution in [-0.4, -0.2) is 12.1 Å². The van der Waals surface area contributed by atoms with Gasteiger partial charge < -0.3 is 10.6 Å². The fraction of sp³-hybridized carbons (Fsp3) is 0.417. The van der Waals surface area contributed by atoms with E-state index in [1.165, 1.54) is 0 Å². The highest BCUT2D eigenvalue weighted by Gasteiger charge is 2.07. The molecule has 0 saturated carbocycles. The lowest BCUT2D eigenvalue weighted by atomic mass is 10.2. The van der Waals surface area contributed by atoms with Crippen molar-refractivity contribution in [2.75, 3.05) is 5.32 Å². The zero-order valence-electron chi connectivity index (χ0n) is 9.89. The molecule has 2 amide bonds. The van der Waals surface area contributed by atoms with Crippen molar-refractivity contribution >= 4 is 11.7 Å². The second-order valence-electron chi connectivity index (χ2n) is 3.95. The van der Waals surface area contributed by atoms with Gasteiger partial charge in [0.15, 0.2) is 0 Å². The minimum Gasteiger partial charge on any atom is -0.335 e. The maximum absolute atomic E-state index is 12.8. The minimum absolute atomic E-state index is 0.0263. The molecule has 0 fully saturated rings. The Bertz CT molecular complexity index is 376. The summed E-state index contributed by atoms with van der Waals surface area (Å²) < 4.78 is 25.7. The molecule has 17 heavy (non-hydrogen) atoms. The molecule has 5 heteroatoms. The van der Waals surface area contributed by atoms with Gasteiger partial charge in [0.1, 0.15) is 11.6 Å². The van der Waals surface area contributed by atoms with Crippen molar-refractivity contribution in [1.82, 2.24) is 5.32 Å². The van der Waals surface area contributed by atoms with Crippen molar-refractivity contribution in [3.63, 3.8) is 0 Å². The quantitative estimate of drug-likeness (QED) is 0.835. The number of urea groups is 1. The number of benzene rings is 1. The van der Waals surface area contributed by atoms with Gasteiger partial charge in [-0.2, -0.15) is 0 Å². The van der Waals surface area contributed by atoms with E-state index in [1.54, 1.807) is 0 Å². The topological polar surface area (TPSA) is 41.1 Å². The first-order valence-electron chi connectivity index (χ1n) is 5.55. The highest BCUT2D eigenvalue weighted by Crippen LogP contribution is 2.12. The van der Waals surface area contributed by atoms with E-state index < -0.39 is 17.7 Å². The maximum atomic E-state index is 12.8. The normalized spacial score (nSPS) is 12.0. The smallest absolute Gasteiger partial charge is 0.319 e. The van der Waals surface area contributed by atoms with E-state index >= 15 is 0 Å². The fourth-order valence-corrected chi connectivity index (χ4v) is 1.52. The van der Waals surface area contributed by atoms with Gasteiger partial charge in [0, 0.05) is 17.8 Å². The Balaban J connectivity index is 2.56. The number of anilines is 1. The van der Waals surface area contributed by atoms with Crippen LogP contribution >= 0.6 is 0 Å². The summed E-state index contributed by atoms with van der Waals surface area (Å²) in [5.74, 6) is -1.44. The molecule has 0 heterocycles. The summed E-state index contributed by atoms with van der Waals surface area (Å²) in [5.41, 5.74) is 0.101. The van der Waals surface area contributed by atoms with Crippen LogP contribution in [0.2, 0.25) is 0 Å². The molecule has 0 saturated heterocycles. The van der Waals surface area contributed by atoms with Crippen LogP contribution < -0.4 is 10.6 Å². The van der Waals surface area contributed by atoms with Crippen LogP contribution in [0.25, 0.3) is 0 Å². The van der Waals surface area contributed by atoms with Crippen molar-refractivity contribution in [2.45, 2.75) is 32.7 Å². The fourth-order valence-electron chi connectivity index (χ4n) is 1.52. The standard InChI is InChI=1S/C12H16F2N2O/c1-3-4-8(2)15-12(17)16-11-6-9(13)5-10(14)7-11/h5-8H,3-4H2,1-2H3,(H2,15,16,17)/t8-/m0/s1. The Morgan fingerprint density at radius 1 is 1.29 bits per heavy atom. The molecule has 0 spiro atoms. The van der Waals surface area contributed by atoms with Crippen LogP contribution in [0.4, 0.5) is 19.3 Å². The molecule has 0 aliphatic carbocycles. The van der Waals surface area contributed by atoms with Gasteiger partial charge in [0.05, 0.1) is 0 Å². The molecule has 2 N–H and O–H groups in total. The predicted octanol–water partition coefficient (Wildman–Crippen LogP) is 3.27.